The third kappa shape index (κ3) is 4.29. The highest BCUT2D eigenvalue weighted by atomic mass is 32.2. The van der Waals surface area contributed by atoms with Crippen molar-refractivity contribution in [3.8, 4) is 5.75 Å². The Hall–Kier alpha value is -2.98. The highest BCUT2D eigenvalue weighted by Crippen LogP contribution is 2.32. The Morgan fingerprint density at radius 2 is 2.00 bits per heavy atom. The molecule has 1 atom stereocenters. The van der Waals surface area contributed by atoms with E-state index < -0.39 is 33.8 Å². The lowest BCUT2D eigenvalue weighted by molar-refractivity contribution is -0.307. The first-order chi connectivity index (χ1) is 13.2. The highest BCUT2D eigenvalue weighted by molar-refractivity contribution is 7.89. The molecule has 0 spiro atoms. The molecule has 3 rings (SSSR count). The van der Waals surface area contributed by atoms with Crippen LogP contribution < -0.4 is 19.9 Å². The van der Waals surface area contributed by atoms with Crippen LogP contribution in [0.3, 0.4) is 0 Å². The number of carbonyl (C=O) groups is 2. The van der Waals surface area contributed by atoms with Crippen LogP contribution in [0.4, 0.5) is 10.1 Å². The summed E-state index contributed by atoms with van der Waals surface area (Å²) in [4.78, 5) is 22.7. The monoisotopic (exact) mass is 407 g/mol. The third-order valence-corrected chi connectivity index (χ3v) is 5.75. The summed E-state index contributed by atoms with van der Waals surface area (Å²) >= 11 is 0. The maximum Gasteiger partial charge on any atom is 0.262 e. The van der Waals surface area contributed by atoms with Crippen molar-refractivity contribution in [3.05, 3.63) is 53.3 Å². The van der Waals surface area contributed by atoms with Crippen LogP contribution in [-0.2, 0) is 26.0 Å². The second-order valence-electron chi connectivity index (χ2n) is 6.27. The minimum atomic E-state index is -4.27. The van der Waals surface area contributed by atoms with Crippen molar-refractivity contribution in [1.82, 2.24) is 4.72 Å². The van der Waals surface area contributed by atoms with Crippen LogP contribution in [0.2, 0.25) is 0 Å². The second-order valence-corrected chi connectivity index (χ2v) is 7.96. The van der Waals surface area contributed by atoms with Gasteiger partial charge in [-0.05, 0) is 48.7 Å². The van der Waals surface area contributed by atoms with Gasteiger partial charge >= 0.3 is 0 Å². The van der Waals surface area contributed by atoms with E-state index in [0.29, 0.717) is 16.9 Å². The van der Waals surface area contributed by atoms with Crippen LogP contribution in [-0.4, -0.2) is 32.9 Å². The van der Waals surface area contributed by atoms with Gasteiger partial charge in [-0.1, -0.05) is 12.1 Å². The number of nitrogens with one attached hydrogen (secondary N) is 2. The smallest absolute Gasteiger partial charge is 0.262 e. The molecule has 0 radical (unpaired) electrons. The Morgan fingerprint density at radius 1 is 1.32 bits per heavy atom. The zero-order chi connectivity index (χ0) is 20.5. The molecule has 0 saturated carbocycles. The van der Waals surface area contributed by atoms with Crippen LogP contribution in [0.25, 0.3) is 0 Å². The van der Waals surface area contributed by atoms with E-state index in [1.54, 1.807) is 0 Å². The normalized spacial score (nSPS) is 14.6. The Balaban J connectivity index is 1.88. The number of hydrogen-bond donors (Lipinski definition) is 2. The first kappa shape index (κ1) is 19.8. The lowest BCUT2D eigenvalue weighted by Crippen LogP contribution is -2.49. The van der Waals surface area contributed by atoms with Crippen LogP contribution in [0.5, 0.6) is 5.75 Å². The predicted molar refractivity (Wildman–Crippen MR) is 94.5 cm³/mol. The second kappa shape index (κ2) is 7.56. The molecular formula is C18H16FN2O6S-. The number of amides is 1. The molecule has 0 saturated heterocycles. The van der Waals surface area contributed by atoms with Crippen molar-refractivity contribution in [2.24, 2.45) is 0 Å². The number of anilines is 1. The molecular weight excluding hydrogens is 391 g/mol. The number of carbonyl (C=O) groups excluding carboxylic acids is 2. The minimum Gasteiger partial charge on any atom is -0.548 e. The molecule has 0 fully saturated rings. The lowest BCUT2D eigenvalue weighted by atomic mass is 10.1. The molecule has 1 heterocycles. The summed E-state index contributed by atoms with van der Waals surface area (Å²) < 4.78 is 45.9. The predicted octanol–water partition coefficient (Wildman–Crippen LogP) is 0.105. The van der Waals surface area contributed by atoms with Crippen molar-refractivity contribution in [2.75, 3.05) is 11.9 Å². The Kier molecular flexibility index (Phi) is 5.34. The summed E-state index contributed by atoms with van der Waals surface area (Å²) in [6.07, 6.45) is -0.230. The van der Waals surface area contributed by atoms with Gasteiger partial charge in [0.1, 0.15) is 11.6 Å². The van der Waals surface area contributed by atoms with E-state index in [4.69, 9.17) is 4.74 Å². The van der Waals surface area contributed by atoms with Crippen molar-refractivity contribution in [3.63, 3.8) is 0 Å². The van der Waals surface area contributed by atoms with Gasteiger partial charge in [-0.15, -0.1) is 0 Å². The summed E-state index contributed by atoms with van der Waals surface area (Å²) in [5.74, 6) is -2.24. The third-order valence-electron chi connectivity index (χ3n) is 4.13. The number of carboxylic acids is 1. The maximum absolute atomic E-state index is 13.0. The number of aliphatic carboxylic acids is 1. The summed E-state index contributed by atoms with van der Waals surface area (Å²) in [5, 5.41) is 14.0. The molecule has 2 N–H and O–H groups in total. The fraction of sp³-hybridized carbons (Fsp3) is 0.222. The standard InChI is InChI=1S/C18H17FN2O6S/c1-10-6-15-13(20-17(22)9-27-15)8-16(10)28(25,26)21-14(18(23)24)7-11-2-4-12(19)5-3-11/h2-6,8,14,21H,7,9H2,1H3,(H,20,22)(H,23,24)/p-1/t14-/m1/s1. The van der Waals surface area contributed by atoms with E-state index in [0.717, 1.165) is 12.1 Å². The van der Waals surface area contributed by atoms with Crippen LogP contribution in [0.1, 0.15) is 11.1 Å². The number of carboxylic acid groups (broad SMARTS) is 1. The molecule has 148 valence electrons. The van der Waals surface area contributed by atoms with E-state index >= 15 is 0 Å². The van der Waals surface area contributed by atoms with Crippen molar-refractivity contribution in [2.45, 2.75) is 24.3 Å². The van der Waals surface area contributed by atoms with Crippen molar-refractivity contribution < 1.29 is 32.2 Å². The van der Waals surface area contributed by atoms with Gasteiger partial charge in [0, 0.05) is 0 Å². The van der Waals surface area contributed by atoms with E-state index in [2.05, 4.69) is 10.0 Å². The van der Waals surface area contributed by atoms with Crippen LogP contribution in [0.15, 0.2) is 41.3 Å². The lowest BCUT2D eigenvalue weighted by Gasteiger charge is -2.23. The molecule has 1 amide bonds. The molecule has 0 bridgehead atoms. The number of sulfonamides is 1. The number of hydrogen-bond acceptors (Lipinski definition) is 6. The zero-order valence-electron chi connectivity index (χ0n) is 14.7. The molecule has 1 aliphatic heterocycles. The summed E-state index contributed by atoms with van der Waals surface area (Å²) in [6, 6.07) is 6.08. The Labute approximate surface area is 160 Å². The van der Waals surface area contributed by atoms with Crippen molar-refractivity contribution >= 4 is 27.6 Å². The molecule has 1 aliphatic rings. The number of benzene rings is 2. The molecule has 8 nitrogen and oxygen atoms in total. The van der Waals surface area contributed by atoms with Crippen LogP contribution in [0, 0.1) is 12.7 Å². The van der Waals surface area contributed by atoms with Gasteiger partial charge in [-0.3, -0.25) is 4.79 Å². The van der Waals surface area contributed by atoms with Gasteiger partial charge in [0.15, 0.2) is 6.61 Å². The number of rotatable bonds is 6. The molecule has 2 aromatic carbocycles. The maximum atomic E-state index is 13.0. The minimum absolute atomic E-state index is 0.172. The number of halogens is 1. The van der Waals surface area contributed by atoms with Gasteiger partial charge in [0.2, 0.25) is 10.0 Å². The molecule has 2 aromatic rings. The van der Waals surface area contributed by atoms with Gasteiger partial charge < -0.3 is 20.0 Å². The highest BCUT2D eigenvalue weighted by Gasteiger charge is 2.26. The quantitative estimate of drug-likeness (QED) is 0.700. The molecule has 0 unspecified atom stereocenters. The van der Waals surface area contributed by atoms with Gasteiger partial charge in [0.25, 0.3) is 5.91 Å². The van der Waals surface area contributed by atoms with E-state index in [1.807, 2.05) is 0 Å². The van der Waals surface area contributed by atoms with Crippen LogP contribution >= 0.6 is 0 Å². The summed E-state index contributed by atoms with van der Waals surface area (Å²) in [7, 11) is -4.27. The van der Waals surface area contributed by atoms with Crippen molar-refractivity contribution in [1.29, 1.82) is 0 Å². The topological polar surface area (TPSA) is 125 Å². The van der Waals surface area contributed by atoms with Gasteiger partial charge in [-0.25, -0.2) is 17.5 Å². The number of fused-ring (bicyclic) bond motifs is 1. The fourth-order valence-corrected chi connectivity index (χ4v) is 4.21. The van der Waals surface area contributed by atoms with E-state index in [-0.39, 0.29) is 23.6 Å². The first-order valence-electron chi connectivity index (χ1n) is 8.20. The Morgan fingerprint density at radius 3 is 2.64 bits per heavy atom. The average molecular weight is 407 g/mol. The summed E-state index contributed by atoms with van der Waals surface area (Å²) in [5.41, 5.74) is 0.896. The molecule has 0 aliphatic carbocycles. The molecule has 0 aromatic heterocycles. The summed E-state index contributed by atoms with van der Waals surface area (Å²) in [6.45, 7) is 1.34. The van der Waals surface area contributed by atoms with E-state index in [1.165, 1.54) is 31.2 Å². The fourth-order valence-electron chi connectivity index (χ4n) is 2.78. The molecule has 10 heteroatoms. The number of aryl methyl sites for hydroxylation is 1. The average Bonchev–Trinajstić information content (AvgIpc) is 2.62. The Bertz CT molecular complexity index is 1040. The SMILES string of the molecule is Cc1cc2c(cc1S(=O)(=O)N[C@H](Cc1ccc(F)cc1)C(=O)[O-])NC(=O)CO2. The van der Waals surface area contributed by atoms with E-state index in [9.17, 15) is 27.5 Å². The largest absolute Gasteiger partial charge is 0.548 e. The van der Waals surface area contributed by atoms with Gasteiger partial charge in [-0.2, -0.15) is 0 Å². The number of ether oxygens (including phenoxy) is 1. The first-order valence-corrected chi connectivity index (χ1v) is 9.69. The van der Waals surface area contributed by atoms with Gasteiger partial charge in [0.05, 0.1) is 22.6 Å². The molecule has 28 heavy (non-hydrogen) atoms. The zero-order valence-corrected chi connectivity index (χ0v) is 15.5.